The lowest BCUT2D eigenvalue weighted by atomic mass is 9.88. The molecule has 2 aromatic rings. The van der Waals surface area contributed by atoms with Crippen LogP contribution in [0.15, 0.2) is 53.4 Å². The van der Waals surface area contributed by atoms with Crippen LogP contribution >= 0.6 is 0 Å². The van der Waals surface area contributed by atoms with E-state index in [9.17, 15) is 23.2 Å². The number of rotatable bonds is 7. The van der Waals surface area contributed by atoms with E-state index in [0.29, 0.717) is 37.2 Å². The molecule has 2 N–H and O–H groups in total. The van der Waals surface area contributed by atoms with Crippen molar-refractivity contribution >= 4 is 27.2 Å². The van der Waals surface area contributed by atoms with Crippen LogP contribution in [-0.2, 0) is 19.4 Å². The number of benzene rings is 2. The first-order chi connectivity index (χ1) is 16.8. The van der Waals surface area contributed by atoms with Crippen molar-refractivity contribution in [3.8, 4) is 5.75 Å². The molecule has 0 bridgehead atoms. The Morgan fingerprint density at radius 1 is 1.03 bits per heavy atom. The summed E-state index contributed by atoms with van der Waals surface area (Å²) in [5.41, 5.74) is 3.06. The Labute approximate surface area is 204 Å². The van der Waals surface area contributed by atoms with Gasteiger partial charge in [0.25, 0.3) is 5.91 Å². The van der Waals surface area contributed by atoms with E-state index in [4.69, 9.17) is 9.47 Å². The fourth-order valence-corrected chi connectivity index (χ4v) is 6.81. The molecule has 0 aliphatic carbocycles. The normalized spacial score (nSPS) is 18.6. The van der Waals surface area contributed by atoms with E-state index in [-0.39, 0.29) is 42.7 Å². The number of ether oxygens (including phenoxy) is 2. The van der Waals surface area contributed by atoms with E-state index < -0.39 is 20.5 Å². The summed E-state index contributed by atoms with van der Waals surface area (Å²) in [5, 5.41) is 9.19. The van der Waals surface area contributed by atoms with Crippen molar-refractivity contribution in [3.63, 3.8) is 0 Å². The van der Waals surface area contributed by atoms with Crippen molar-refractivity contribution in [2.75, 3.05) is 38.3 Å². The topological polar surface area (TPSA) is 122 Å². The number of hydroxylamine groups is 1. The molecular formula is C25H30N2O7S. The van der Waals surface area contributed by atoms with Crippen LogP contribution in [0.1, 0.15) is 36.0 Å². The van der Waals surface area contributed by atoms with Gasteiger partial charge in [-0.3, -0.25) is 14.8 Å². The summed E-state index contributed by atoms with van der Waals surface area (Å²) < 4.78 is 35.4. The van der Waals surface area contributed by atoms with Gasteiger partial charge in [0.05, 0.1) is 12.0 Å². The number of nitrogens with one attached hydrogen (secondary N) is 1. The summed E-state index contributed by atoms with van der Waals surface area (Å²) >= 11 is 0. The SMILES string of the molecule is COc1ccc(C(=O)C2CCN(c3ccc(S(=O)(=O)C4(C(=O)NO)CCOCC4)cc3)CC2)cc1. The number of nitrogens with zero attached hydrogens (tertiary/aromatic N) is 1. The minimum absolute atomic E-state index is 0.0244. The second kappa shape index (κ2) is 10.3. The number of sulfone groups is 1. The first-order valence-electron chi connectivity index (χ1n) is 11.6. The number of ketones is 1. The molecule has 35 heavy (non-hydrogen) atoms. The zero-order valence-corrected chi connectivity index (χ0v) is 20.4. The lowest BCUT2D eigenvalue weighted by molar-refractivity contribution is -0.134. The number of hydrogen-bond acceptors (Lipinski definition) is 8. The van der Waals surface area contributed by atoms with E-state index in [1.165, 1.54) is 17.6 Å². The van der Waals surface area contributed by atoms with Gasteiger partial charge in [0.2, 0.25) is 0 Å². The third-order valence-electron chi connectivity index (χ3n) is 7.08. The molecule has 0 saturated carbocycles. The second-order valence-corrected chi connectivity index (χ2v) is 11.2. The molecule has 188 valence electrons. The first-order valence-corrected chi connectivity index (χ1v) is 13.1. The van der Waals surface area contributed by atoms with Gasteiger partial charge in [-0.1, -0.05) is 0 Å². The molecule has 0 unspecified atom stereocenters. The molecule has 2 aliphatic rings. The van der Waals surface area contributed by atoms with Crippen molar-refractivity contribution in [2.45, 2.75) is 35.3 Å². The number of amides is 1. The number of Topliss-reactive ketones (excluding diaryl/α,β-unsaturated/α-hetero) is 1. The van der Waals surface area contributed by atoms with E-state index in [1.54, 1.807) is 43.5 Å². The highest BCUT2D eigenvalue weighted by atomic mass is 32.2. The van der Waals surface area contributed by atoms with E-state index >= 15 is 0 Å². The van der Waals surface area contributed by atoms with Crippen LogP contribution in [0.2, 0.25) is 0 Å². The molecule has 0 spiro atoms. The summed E-state index contributed by atoms with van der Waals surface area (Å²) in [6.07, 6.45) is 1.34. The predicted molar refractivity (Wildman–Crippen MR) is 129 cm³/mol. The Hall–Kier alpha value is -2.95. The molecule has 10 heteroatoms. The van der Waals surface area contributed by atoms with Crippen LogP contribution in [0.3, 0.4) is 0 Å². The summed E-state index contributed by atoms with van der Waals surface area (Å²) in [6, 6.07) is 13.6. The fourth-order valence-electron chi connectivity index (χ4n) is 4.87. The quantitative estimate of drug-likeness (QED) is 0.337. The summed E-state index contributed by atoms with van der Waals surface area (Å²) in [7, 11) is -2.48. The minimum Gasteiger partial charge on any atom is -0.497 e. The van der Waals surface area contributed by atoms with Crippen LogP contribution in [0.4, 0.5) is 5.69 Å². The minimum atomic E-state index is -4.06. The van der Waals surface area contributed by atoms with Gasteiger partial charge in [-0.25, -0.2) is 13.9 Å². The van der Waals surface area contributed by atoms with E-state index in [1.807, 2.05) is 0 Å². The molecule has 0 radical (unpaired) electrons. The number of piperidine rings is 1. The Kier molecular flexibility index (Phi) is 7.44. The van der Waals surface area contributed by atoms with Crippen LogP contribution in [0.25, 0.3) is 0 Å². The average molecular weight is 503 g/mol. The van der Waals surface area contributed by atoms with Gasteiger partial charge in [-0.05, 0) is 74.2 Å². The van der Waals surface area contributed by atoms with Gasteiger partial charge < -0.3 is 14.4 Å². The number of carbonyl (C=O) groups excluding carboxylic acids is 2. The maximum Gasteiger partial charge on any atom is 0.265 e. The number of methoxy groups -OCH3 is 1. The predicted octanol–water partition coefficient (Wildman–Crippen LogP) is 2.62. The zero-order chi connectivity index (χ0) is 25.1. The molecule has 2 fully saturated rings. The van der Waals surface area contributed by atoms with Crippen LogP contribution < -0.4 is 15.1 Å². The smallest absolute Gasteiger partial charge is 0.265 e. The number of anilines is 1. The van der Waals surface area contributed by atoms with Crippen LogP contribution in [0.5, 0.6) is 5.75 Å². The number of hydrogen-bond donors (Lipinski definition) is 2. The third kappa shape index (κ3) is 4.78. The van der Waals surface area contributed by atoms with Crippen molar-refractivity contribution in [3.05, 3.63) is 54.1 Å². The van der Waals surface area contributed by atoms with Gasteiger partial charge in [0.1, 0.15) is 5.75 Å². The summed E-state index contributed by atoms with van der Waals surface area (Å²) in [4.78, 5) is 27.4. The van der Waals surface area contributed by atoms with Gasteiger partial charge in [-0.2, -0.15) is 0 Å². The lowest BCUT2D eigenvalue weighted by Gasteiger charge is -2.35. The van der Waals surface area contributed by atoms with Crippen molar-refractivity contribution in [2.24, 2.45) is 5.92 Å². The zero-order valence-electron chi connectivity index (χ0n) is 19.6. The molecule has 2 aromatic carbocycles. The van der Waals surface area contributed by atoms with Crippen LogP contribution in [0, 0.1) is 5.92 Å². The van der Waals surface area contributed by atoms with Gasteiger partial charge >= 0.3 is 0 Å². The molecule has 9 nitrogen and oxygen atoms in total. The van der Waals surface area contributed by atoms with Crippen LogP contribution in [-0.4, -0.2) is 63.5 Å². The van der Waals surface area contributed by atoms with Gasteiger partial charge in [0, 0.05) is 43.5 Å². The number of carbonyl (C=O) groups is 2. The molecule has 2 heterocycles. The highest BCUT2D eigenvalue weighted by Gasteiger charge is 2.52. The first kappa shape index (κ1) is 25.2. The Balaban J connectivity index is 1.44. The standard InChI is InChI=1S/C25H30N2O7S/c1-33-21-6-2-18(3-7-21)23(28)19-10-14-27(15-11-19)20-4-8-22(9-5-20)35(31,32)25(24(29)26-30)12-16-34-17-13-25/h2-9,19,30H,10-17H2,1H3,(H,26,29). The molecule has 0 atom stereocenters. The average Bonchev–Trinajstić information content (AvgIpc) is 2.92. The highest BCUT2D eigenvalue weighted by molar-refractivity contribution is 7.93. The summed E-state index contributed by atoms with van der Waals surface area (Å²) in [5.74, 6) is -0.169. The largest absolute Gasteiger partial charge is 0.497 e. The molecule has 2 aliphatic heterocycles. The maximum absolute atomic E-state index is 13.4. The molecule has 4 rings (SSSR count). The van der Waals surface area contributed by atoms with E-state index in [2.05, 4.69) is 4.90 Å². The van der Waals surface area contributed by atoms with Gasteiger partial charge in [-0.15, -0.1) is 0 Å². The highest BCUT2D eigenvalue weighted by Crippen LogP contribution is 2.36. The molecule has 0 aromatic heterocycles. The van der Waals surface area contributed by atoms with E-state index in [0.717, 1.165) is 5.69 Å². The van der Waals surface area contributed by atoms with Gasteiger partial charge in [0.15, 0.2) is 20.4 Å². The Morgan fingerprint density at radius 2 is 1.63 bits per heavy atom. The second-order valence-electron chi connectivity index (χ2n) is 8.90. The lowest BCUT2D eigenvalue weighted by Crippen LogP contribution is -2.54. The Morgan fingerprint density at radius 3 is 2.17 bits per heavy atom. The maximum atomic E-state index is 13.4. The van der Waals surface area contributed by atoms with Crippen molar-refractivity contribution in [1.82, 2.24) is 5.48 Å². The third-order valence-corrected chi connectivity index (χ3v) is 9.60. The monoisotopic (exact) mass is 502 g/mol. The Bertz CT molecular complexity index is 1150. The van der Waals surface area contributed by atoms with Crippen molar-refractivity contribution in [1.29, 1.82) is 0 Å². The summed E-state index contributed by atoms with van der Waals surface area (Å²) in [6.45, 7) is 1.59. The molecule has 2 saturated heterocycles. The molecule has 1 amide bonds. The van der Waals surface area contributed by atoms with Crippen molar-refractivity contribution < 1.29 is 32.7 Å². The molecular weight excluding hydrogens is 472 g/mol. The fraction of sp³-hybridized carbons (Fsp3) is 0.440.